The first-order valence-electron chi connectivity index (χ1n) is 2.02. The van der Waals surface area contributed by atoms with E-state index >= 15 is 0 Å². The average Bonchev–Trinajstić information content (AvgIpc) is 2.14. The number of rotatable bonds is 1. The average molecular weight is 182 g/mol. The molecule has 0 unspecified atom stereocenters. The van der Waals surface area contributed by atoms with E-state index in [1.165, 1.54) is 4.29 Å². The molecule has 0 fully saturated rings. The summed E-state index contributed by atoms with van der Waals surface area (Å²) in [5, 5.41) is 0. The third kappa shape index (κ3) is 1.13. The van der Waals surface area contributed by atoms with Gasteiger partial charge in [-0.05, 0) is 0 Å². The predicted octanol–water partition coefficient (Wildman–Crippen LogP) is 0.771. The first-order valence-corrected chi connectivity index (χ1v) is 4.63. The molecular formula is C5H7NRu. The van der Waals surface area contributed by atoms with Crippen LogP contribution in [0.2, 0.25) is 5.52 Å². The van der Waals surface area contributed by atoms with E-state index in [0.717, 1.165) is 0 Å². The molecule has 0 aliphatic rings. The van der Waals surface area contributed by atoms with Gasteiger partial charge in [-0.1, -0.05) is 0 Å². The number of nitrogens with one attached hydrogen (secondary N) is 1. The second-order valence-electron chi connectivity index (χ2n) is 1.18. The van der Waals surface area contributed by atoms with Crippen LogP contribution in [-0.2, 0) is 17.1 Å². The molecule has 0 saturated heterocycles. The number of aromatic nitrogens is 1. The second-order valence-corrected chi connectivity index (χ2v) is 2.99. The molecule has 0 atom stereocenters. The molecule has 0 aromatic carbocycles. The van der Waals surface area contributed by atoms with E-state index in [1.54, 1.807) is 0 Å². The molecule has 0 amide bonds. The minimum absolute atomic E-state index is 0.439. The van der Waals surface area contributed by atoms with Gasteiger partial charge in [-0.2, -0.15) is 0 Å². The van der Waals surface area contributed by atoms with Gasteiger partial charge in [0, 0.05) is 0 Å². The number of H-pyrrole nitrogens is 1. The Morgan fingerprint density at radius 2 is 2.57 bits per heavy atom. The summed E-state index contributed by atoms with van der Waals surface area (Å²) < 4.78 is 1.40. The molecule has 2 heteroatoms. The van der Waals surface area contributed by atoms with Crippen LogP contribution in [0.15, 0.2) is 18.3 Å². The maximum atomic E-state index is 3.13. The van der Waals surface area contributed by atoms with Crippen molar-refractivity contribution in [3.63, 3.8) is 0 Å². The quantitative estimate of drug-likeness (QED) is 0.617. The van der Waals surface area contributed by atoms with Gasteiger partial charge in [-0.3, -0.25) is 0 Å². The van der Waals surface area contributed by atoms with E-state index in [0.29, 0.717) is 17.1 Å². The Morgan fingerprint density at radius 3 is 2.86 bits per heavy atom. The Labute approximate surface area is 50.7 Å². The Morgan fingerprint density at radius 1 is 1.71 bits per heavy atom. The Kier molecular flexibility index (Phi) is 1.64. The molecule has 0 saturated carbocycles. The summed E-state index contributed by atoms with van der Waals surface area (Å²) in [7, 11) is 0. The number of hydrogen-bond donors (Lipinski definition) is 1. The van der Waals surface area contributed by atoms with Crippen LogP contribution < -0.4 is 4.29 Å². The molecule has 1 nitrogen and oxygen atoms in total. The van der Waals surface area contributed by atoms with Crippen LogP contribution in [0.25, 0.3) is 0 Å². The van der Waals surface area contributed by atoms with E-state index in [1.807, 2.05) is 12.3 Å². The van der Waals surface area contributed by atoms with Gasteiger partial charge in [0.1, 0.15) is 0 Å². The Hall–Kier alpha value is -0.0966. The SMILES string of the molecule is [CH3][Ru][c]1ccc[nH]1. The zero-order chi connectivity index (χ0) is 5.11. The second kappa shape index (κ2) is 2.27. The van der Waals surface area contributed by atoms with E-state index in [9.17, 15) is 0 Å². The summed E-state index contributed by atoms with van der Waals surface area (Å²) in [6.45, 7) is 0. The van der Waals surface area contributed by atoms with Crippen molar-refractivity contribution in [2.75, 3.05) is 0 Å². The maximum absolute atomic E-state index is 3.13. The van der Waals surface area contributed by atoms with Crippen LogP contribution in [0, 0.1) is 0 Å². The van der Waals surface area contributed by atoms with Crippen molar-refractivity contribution in [2.45, 2.75) is 5.52 Å². The molecule has 1 aromatic rings. The molecule has 0 radical (unpaired) electrons. The minimum atomic E-state index is 0.439. The number of hydrogen-bond acceptors (Lipinski definition) is 0. The fourth-order valence-corrected chi connectivity index (χ4v) is 1.27. The van der Waals surface area contributed by atoms with Gasteiger partial charge in [-0.25, -0.2) is 0 Å². The van der Waals surface area contributed by atoms with Crippen LogP contribution in [0.3, 0.4) is 0 Å². The van der Waals surface area contributed by atoms with Gasteiger partial charge in [0.05, 0.1) is 0 Å². The van der Waals surface area contributed by atoms with Gasteiger partial charge in [0.15, 0.2) is 0 Å². The summed E-state index contributed by atoms with van der Waals surface area (Å²) in [5.41, 5.74) is 2.22. The van der Waals surface area contributed by atoms with Crippen LogP contribution >= 0.6 is 0 Å². The van der Waals surface area contributed by atoms with E-state index in [2.05, 4.69) is 16.6 Å². The summed E-state index contributed by atoms with van der Waals surface area (Å²) in [6, 6.07) is 4.16. The molecule has 1 aromatic heterocycles. The zero-order valence-corrected chi connectivity index (χ0v) is 5.82. The van der Waals surface area contributed by atoms with Gasteiger partial charge < -0.3 is 0 Å². The third-order valence-electron chi connectivity index (χ3n) is 0.743. The van der Waals surface area contributed by atoms with Crippen molar-refractivity contribution < 1.29 is 17.1 Å². The molecule has 1 rings (SSSR count). The normalized spacial score (nSPS) is 9.86. The van der Waals surface area contributed by atoms with Crippen LogP contribution in [0.5, 0.6) is 0 Å². The molecule has 7 heavy (non-hydrogen) atoms. The first kappa shape index (κ1) is 5.05. The standard InChI is InChI=1S/C4H4N.CH3.Ru/c1-2-4-5-3-1;;/h1-3,5H;1H3;. The monoisotopic (exact) mass is 183 g/mol. The molecule has 40 valence electrons. The summed E-state index contributed by atoms with van der Waals surface area (Å²) in [6.07, 6.45) is 1.97. The van der Waals surface area contributed by atoms with Crippen molar-refractivity contribution >= 4 is 4.29 Å². The van der Waals surface area contributed by atoms with Crippen molar-refractivity contribution in [3.8, 4) is 0 Å². The van der Waals surface area contributed by atoms with Gasteiger partial charge >= 0.3 is 50.2 Å². The van der Waals surface area contributed by atoms with Gasteiger partial charge in [0.25, 0.3) is 0 Å². The molecule has 0 aliphatic carbocycles. The zero-order valence-electron chi connectivity index (χ0n) is 4.09. The van der Waals surface area contributed by atoms with E-state index < -0.39 is 0 Å². The van der Waals surface area contributed by atoms with Crippen molar-refractivity contribution in [1.29, 1.82) is 0 Å². The Balaban J connectivity index is 2.76. The van der Waals surface area contributed by atoms with Crippen LogP contribution in [0.4, 0.5) is 0 Å². The molecule has 1 heterocycles. The van der Waals surface area contributed by atoms with Crippen LogP contribution in [-0.4, -0.2) is 4.98 Å². The van der Waals surface area contributed by atoms with Crippen molar-refractivity contribution in [1.82, 2.24) is 4.98 Å². The van der Waals surface area contributed by atoms with Crippen molar-refractivity contribution in [2.24, 2.45) is 0 Å². The van der Waals surface area contributed by atoms with E-state index in [4.69, 9.17) is 0 Å². The van der Waals surface area contributed by atoms with Crippen LogP contribution in [0.1, 0.15) is 0 Å². The molecule has 0 aliphatic heterocycles. The van der Waals surface area contributed by atoms with Gasteiger partial charge in [-0.15, -0.1) is 0 Å². The fraction of sp³-hybridized carbons (Fsp3) is 0.200. The first-order chi connectivity index (χ1) is 3.43. The summed E-state index contributed by atoms with van der Waals surface area (Å²) in [4.78, 5) is 3.13. The fourth-order valence-electron chi connectivity index (χ4n) is 0.414. The number of aromatic amines is 1. The van der Waals surface area contributed by atoms with E-state index in [-0.39, 0.29) is 0 Å². The Bertz CT molecular complexity index is 123. The third-order valence-corrected chi connectivity index (χ3v) is 2.22. The van der Waals surface area contributed by atoms with Crippen molar-refractivity contribution in [3.05, 3.63) is 18.3 Å². The summed E-state index contributed by atoms with van der Waals surface area (Å²) in [5.74, 6) is 0. The molecule has 1 N–H and O–H groups in total. The topological polar surface area (TPSA) is 15.8 Å². The molecular weight excluding hydrogens is 175 g/mol. The van der Waals surface area contributed by atoms with Gasteiger partial charge in [0.2, 0.25) is 0 Å². The molecule has 0 bridgehead atoms. The predicted molar refractivity (Wildman–Crippen MR) is 26.3 cm³/mol. The molecule has 0 spiro atoms. The summed E-state index contributed by atoms with van der Waals surface area (Å²) >= 11 is 0.439.